The summed E-state index contributed by atoms with van der Waals surface area (Å²) < 4.78 is 39.9. The molecule has 0 aliphatic rings. The Balaban J connectivity index is 0.000000338. The third-order valence-corrected chi connectivity index (χ3v) is 3.26. The Bertz CT molecular complexity index is 792. The highest BCUT2D eigenvalue weighted by atomic mass is 35.7. The van der Waals surface area contributed by atoms with Gasteiger partial charge in [0, 0.05) is 17.2 Å². The molecule has 120 valence electrons. The zero-order valence-corrected chi connectivity index (χ0v) is 13.5. The number of benzene rings is 2. The second kappa shape index (κ2) is 7.23. The van der Waals surface area contributed by atoms with Crippen LogP contribution >= 0.6 is 11.6 Å². The first-order chi connectivity index (χ1) is 10.7. The average Bonchev–Trinajstić information content (AvgIpc) is 2.46. The van der Waals surface area contributed by atoms with E-state index in [9.17, 15) is 0 Å². The number of hydrogen-bond donors (Lipinski definition) is 0. The normalized spacial score (nSPS) is 11.0. The molecule has 0 atom stereocenters. The molecule has 1 aromatic heterocycles. The summed E-state index contributed by atoms with van der Waals surface area (Å²) in [7, 11) is -4.94. The van der Waals surface area contributed by atoms with Crippen LogP contribution in [-0.4, -0.2) is 0 Å². The fourth-order valence-electron chi connectivity index (χ4n) is 2.06. The zero-order valence-electron chi connectivity index (χ0n) is 12.0. The van der Waals surface area contributed by atoms with Crippen molar-refractivity contribution < 1.29 is 33.3 Å². The molecule has 23 heavy (non-hydrogen) atoms. The van der Waals surface area contributed by atoms with Crippen LogP contribution in [0.3, 0.4) is 0 Å². The highest BCUT2D eigenvalue weighted by Crippen LogP contribution is 2.28. The molecule has 3 aromatic rings. The minimum atomic E-state index is -4.94. The van der Waals surface area contributed by atoms with E-state index in [2.05, 4.69) is 19.1 Å². The number of fused-ring (bicyclic) bond motifs is 1. The molecule has 5 nitrogen and oxygen atoms in total. The molecular weight excluding hydrogens is 343 g/mol. The van der Waals surface area contributed by atoms with Gasteiger partial charge in [0.15, 0.2) is 0 Å². The van der Waals surface area contributed by atoms with Gasteiger partial charge in [0.25, 0.3) is 0 Å². The van der Waals surface area contributed by atoms with Crippen LogP contribution in [0.2, 0.25) is 5.02 Å². The van der Waals surface area contributed by atoms with Crippen molar-refractivity contribution in [2.75, 3.05) is 0 Å². The topological polar surface area (TPSA) is 104 Å². The van der Waals surface area contributed by atoms with Gasteiger partial charge in [-0.3, -0.25) is 0 Å². The lowest BCUT2D eigenvalue weighted by molar-refractivity contribution is -2.00. The lowest BCUT2D eigenvalue weighted by atomic mass is 10.1. The van der Waals surface area contributed by atoms with E-state index in [-0.39, 0.29) is 0 Å². The van der Waals surface area contributed by atoms with Crippen LogP contribution < -0.4 is 18.6 Å². The van der Waals surface area contributed by atoms with Gasteiger partial charge in [-0.1, -0.05) is 23.7 Å². The van der Waals surface area contributed by atoms with E-state index in [0.717, 1.165) is 27.3 Å². The molecule has 3 rings (SSSR count). The Labute approximate surface area is 139 Å². The molecule has 0 aliphatic carbocycles. The smallest absolute Gasteiger partial charge is 0.222 e. The molecule has 0 saturated heterocycles. The van der Waals surface area contributed by atoms with E-state index in [4.69, 9.17) is 34.7 Å². The Hall–Kier alpha value is -1.73. The first kappa shape index (κ1) is 17.6. The number of rotatable bonds is 1. The fraction of sp³-hybridized carbons (Fsp3) is 0.0625. The van der Waals surface area contributed by atoms with Gasteiger partial charge in [0.2, 0.25) is 0 Å². The molecule has 0 spiro atoms. The predicted molar refractivity (Wildman–Crippen MR) is 75.8 cm³/mol. The van der Waals surface area contributed by atoms with Gasteiger partial charge >= 0.3 is 11.3 Å². The summed E-state index contributed by atoms with van der Waals surface area (Å²) in [6, 6.07) is 17.8. The van der Waals surface area contributed by atoms with E-state index in [0.29, 0.717) is 0 Å². The third kappa shape index (κ3) is 5.44. The zero-order chi connectivity index (χ0) is 17.0. The van der Waals surface area contributed by atoms with Gasteiger partial charge in [0.1, 0.15) is 0 Å². The van der Waals surface area contributed by atoms with Gasteiger partial charge in [-0.25, -0.2) is 23.1 Å². The molecule has 0 fully saturated rings. The van der Waals surface area contributed by atoms with Crippen LogP contribution in [0, 0.1) is 17.2 Å². The fourth-order valence-corrected chi connectivity index (χ4v) is 2.19. The van der Waals surface area contributed by atoms with Gasteiger partial charge < -0.3 is 0 Å². The third-order valence-electron chi connectivity index (χ3n) is 3.01. The average molecular weight is 355 g/mol. The van der Waals surface area contributed by atoms with E-state index in [1.54, 1.807) is 0 Å². The van der Waals surface area contributed by atoms with Gasteiger partial charge in [-0.2, -0.15) is 0 Å². The Kier molecular flexibility index (Phi) is 5.54. The predicted octanol–water partition coefficient (Wildman–Crippen LogP) is 0.587. The minimum Gasteiger partial charge on any atom is -0.222 e. The Morgan fingerprint density at radius 3 is 2.09 bits per heavy atom. The van der Waals surface area contributed by atoms with Gasteiger partial charge in [-0.05, 0) is 42.8 Å². The first-order valence-corrected chi connectivity index (χ1v) is 8.05. The van der Waals surface area contributed by atoms with Crippen molar-refractivity contribution in [3.05, 3.63) is 65.2 Å². The van der Waals surface area contributed by atoms with Crippen molar-refractivity contribution in [2.45, 2.75) is 6.92 Å². The second-order valence-electron chi connectivity index (χ2n) is 4.67. The number of hydrogen-bond acceptors (Lipinski definition) is 4. The van der Waals surface area contributed by atoms with Crippen molar-refractivity contribution in [1.29, 1.82) is 0 Å². The summed E-state index contributed by atoms with van der Waals surface area (Å²) in [6.07, 6.45) is 0. The molecular formula is C16H12Cl2O5. The maximum Gasteiger partial charge on any atom is 0.361 e. The minimum absolute atomic E-state index is 0.733. The number of para-hydroxylation sites is 1. The summed E-state index contributed by atoms with van der Waals surface area (Å²) in [6.45, 7) is 2.09. The molecule has 0 saturated carbocycles. The highest BCUT2D eigenvalue weighted by Gasteiger charge is 2.16. The van der Waals surface area contributed by atoms with E-state index in [1.165, 1.54) is 5.56 Å². The van der Waals surface area contributed by atoms with Crippen molar-refractivity contribution in [1.82, 2.24) is 0 Å². The standard InChI is InChI=1S/C16H12ClO.ClHO4/c1-11-10-16(12-6-8-13(17)9-7-12)18-15-5-3-2-4-14(11)15;2-1(3,4)5/h2-10H,1H3;(H,2,3,4,5)/q+1;/p-1. The summed E-state index contributed by atoms with van der Waals surface area (Å²) in [5.41, 5.74) is 3.15. The van der Waals surface area contributed by atoms with Crippen LogP contribution in [0.1, 0.15) is 5.56 Å². The molecule has 0 N–H and O–H groups in total. The van der Waals surface area contributed by atoms with Crippen molar-refractivity contribution in [3.8, 4) is 11.3 Å². The van der Waals surface area contributed by atoms with E-state index < -0.39 is 10.2 Å². The maximum atomic E-state index is 8.49. The van der Waals surface area contributed by atoms with E-state index in [1.807, 2.05) is 42.5 Å². The lowest BCUT2D eigenvalue weighted by Gasteiger charge is -2.17. The first-order valence-electron chi connectivity index (χ1n) is 6.44. The molecule has 2 aromatic carbocycles. The molecule has 0 unspecified atom stereocenters. The molecule has 0 radical (unpaired) electrons. The largest absolute Gasteiger partial charge is 0.361 e. The van der Waals surface area contributed by atoms with Crippen LogP contribution in [0.5, 0.6) is 0 Å². The van der Waals surface area contributed by atoms with E-state index >= 15 is 0 Å². The second-order valence-corrected chi connectivity index (χ2v) is 5.87. The molecule has 0 aliphatic heterocycles. The number of aryl methyl sites for hydroxylation is 1. The summed E-state index contributed by atoms with van der Waals surface area (Å²) >= 11 is 5.89. The van der Waals surface area contributed by atoms with Crippen LogP contribution in [0.4, 0.5) is 0 Å². The summed E-state index contributed by atoms with van der Waals surface area (Å²) in [5.74, 6) is 0.864. The number of halogens is 2. The summed E-state index contributed by atoms with van der Waals surface area (Å²) in [4.78, 5) is 0. The van der Waals surface area contributed by atoms with Crippen molar-refractivity contribution >= 4 is 22.6 Å². The highest BCUT2D eigenvalue weighted by molar-refractivity contribution is 6.30. The Morgan fingerprint density at radius 2 is 1.48 bits per heavy atom. The van der Waals surface area contributed by atoms with Gasteiger partial charge in [-0.15, -0.1) is 10.2 Å². The summed E-state index contributed by atoms with van der Waals surface area (Å²) in [5, 5.41) is 1.88. The molecule has 1 heterocycles. The monoisotopic (exact) mass is 354 g/mol. The van der Waals surface area contributed by atoms with Crippen molar-refractivity contribution in [3.63, 3.8) is 0 Å². The molecule has 0 amide bonds. The van der Waals surface area contributed by atoms with Crippen LogP contribution in [-0.2, 0) is 0 Å². The van der Waals surface area contributed by atoms with Crippen molar-refractivity contribution in [2.24, 2.45) is 0 Å². The SMILES string of the molecule is Cc1cc(-c2ccc(Cl)cc2)[o+]c2ccccc12.[O-][Cl+3]([O-])([O-])[O-]. The van der Waals surface area contributed by atoms with Crippen LogP contribution in [0.15, 0.2) is 59.0 Å². The Morgan fingerprint density at radius 1 is 0.913 bits per heavy atom. The maximum absolute atomic E-state index is 8.49. The van der Waals surface area contributed by atoms with Crippen LogP contribution in [0.25, 0.3) is 22.3 Å². The molecule has 0 bridgehead atoms. The quantitative estimate of drug-likeness (QED) is 0.594. The lowest BCUT2D eigenvalue weighted by Crippen LogP contribution is -2.68. The van der Waals surface area contributed by atoms with Gasteiger partial charge in [0.05, 0.1) is 10.9 Å². The molecule has 7 heteroatoms.